The number of benzene rings is 9. The third-order valence-electron chi connectivity index (χ3n) is 12.9. The van der Waals surface area contributed by atoms with Crippen LogP contribution < -0.4 is 0 Å². The van der Waals surface area contributed by atoms with Crippen molar-refractivity contribution in [3.8, 4) is 62.0 Å². The van der Waals surface area contributed by atoms with Gasteiger partial charge in [0.2, 0.25) is 0 Å². The van der Waals surface area contributed by atoms with Gasteiger partial charge in [-0.1, -0.05) is 133 Å². The average molecular weight is 830 g/mol. The van der Waals surface area contributed by atoms with Crippen molar-refractivity contribution in [3.63, 3.8) is 0 Å². The highest BCUT2D eigenvalue weighted by Gasteiger charge is 2.21. The molecule has 13 aromatic rings. The molecule has 0 unspecified atom stereocenters. The Morgan fingerprint density at radius 3 is 1.23 bits per heavy atom. The Morgan fingerprint density at radius 1 is 0.277 bits per heavy atom. The first-order valence-corrected chi connectivity index (χ1v) is 22.1. The van der Waals surface area contributed by atoms with Crippen molar-refractivity contribution in [1.29, 1.82) is 0 Å². The minimum Gasteiger partial charge on any atom is -0.309 e. The van der Waals surface area contributed by atoms with E-state index in [4.69, 9.17) is 9.97 Å². The molecule has 0 bridgehead atoms. The van der Waals surface area contributed by atoms with E-state index in [2.05, 4.69) is 238 Å². The van der Waals surface area contributed by atoms with E-state index >= 15 is 0 Å². The van der Waals surface area contributed by atoms with Crippen LogP contribution in [0.1, 0.15) is 0 Å². The first kappa shape index (κ1) is 36.8. The van der Waals surface area contributed by atoms with Gasteiger partial charge in [-0.05, 0) is 119 Å². The summed E-state index contributed by atoms with van der Waals surface area (Å²) in [5.41, 5.74) is 17.3. The van der Waals surface area contributed by atoms with Crippen LogP contribution in [0, 0.1) is 0 Å². The first-order valence-electron chi connectivity index (χ1n) is 22.1. The monoisotopic (exact) mass is 829 g/mol. The molecule has 0 N–H and O–H groups in total. The van der Waals surface area contributed by atoms with Gasteiger partial charge in [0.1, 0.15) is 11.3 Å². The molecule has 0 saturated heterocycles. The quantitative estimate of drug-likeness (QED) is 0.161. The SMILES string of the molecule is c1ccc(-c2nccc3c2nc(-c2cc(-c4ccc5c(c4)c4ccccc4n5-c4ccccc4)cc(-c4ccc5c(c4)c4ccccc4n5-c4ccccc4)c2)n3-c2ccccc2)cc1. The minimum atomic E-state index is 0.850. The molecule has 13 rings (SSSR count). The van der Waals surface area contributed by atoms with E-state index < -0.39 is 0 Å². The number of imidazole rings is 1. The maximum absolute atomic E-state index is 5.55. The zero-order chi connectivity index (χ0) is 42.8. The number of hydrogen-bond acceptors (Lipinski definition) is 2. The number of hydrogen-bond donors (Lipinski definition) is 0. The molecule has 0 saturated carbocycles. The van der Waals surface area contributed by atoms with Crippen molar-refractivity contribution in [2.24, 2.45) is 0 Å². The highest BCUT2D eigenvalue weighted by molar-refractivity contribution is 6.12. The second-order valence-electron chi connectivity index (χ2n) is 16.6. The molecule has 4 heterocycles. The van der Waals surface area contributed by atoms with E-state index in [1.807, 2.05) is 12.3 Å². The third kappa shape index (κ3) is 6.01. The summed E-state index contributed by atoms with van der Waals surface area (Å²) in [5, 5.41) is 4.85. The van der Waals surface area contributed by atoms with E-state index in [-0.39, 0.29) is 0 Å². The normalized spacial score (nSPS) is 11.7. The molecule has 5 nitrogen and oxygen atoms in total. The van der Waals surface area contributed by atoms with E-state index in [0.29, 0.717) is 0 Å². The number of fused-ring (bicyclic) bond motifs is 7. The lowest BCUT2D eigenvalue weighted by Crippen LogP contribution is -1.98. The summed E-state index contributed by atoms with van der Waals surface area (Å²) in [4.78, 5) is 10.5. The summed E-state index contributed by atoms with van der Waals surface area (Å²) < 4.78 is 7.04. The number of nitrogens with zero attached hydrogens (tertiary/aromatic N) is 5. The van der Waals surface area contributed by atoms with Gasteiger partial charge in [0.05, 0.1) is 33.3 Å². The Balaban J connectivity index is 1.08. The number of aromatic nitrogens is 5. The Hall–Kier alpha value is -8.80. The summed E-state index contributed by atoms with van der Waals surface area (Å²) >= 11 is 0. The molecule has 65 heavy (non-hydrogen) atoms. The molecule has 0 aliphatic heterocycles. The van der Waals surface area contributed by atoms with Crippen molar-refractivity contribution in [3.05, 3.63) is 237 Å². The van der Waals surface area contributed by atoms with Crippen LogP contribution in [-0.4, -0.2) is 23.7 Å². The highest BCUT2D eigenvalue weighted by Crippen LogP contribution is 2.41. The molecule has 5 heteroatoms. The minimum absolute atomic E-state index is 0.850. The van der Waals surface area contributed by atoms with Gasteiger partial charge in [-0.3, -0.25) is 9.55 Å². The van der Waals surface area contributed by atoms with Crippen molar-refractivity contribution in [2.75, 3.05) is 0 Å². The van der Waals surface area contributed by atoms with Crippen LogP contribution in [-0.2, 0) is 0 Å². The van der Waals surface area contributed by atoms with Crippen LogP contribution in [0.25, 0.3) is 117 Å². The zero-order valence-electron chi connectivity index (χ0n) is 35.3. The molecular formula is C60H39N5. The van der Waals surface area contributed by atoms with Gasteiger partial charge in [-0.15, -0.1) is 0 Å². The lowest BCUT2D eigenvalue weighted by Gasteiger charge is -2.14. The predicted molar refractivity (Wildman–Crippen MR) is 269 cm³/mol. The largest absolute Gasteiger partial charge is 0.309 e. The Bertz CT molecular complexity index is 3740. The van der Waals surface area contributed by atoms with Crippen molar-refractivity contribution >= 4 is 54.6 Å². The molecule has 0 fully saturated rings. The topological polar surface area (TPSA) is 40.6 Å². The fourth-order valence-corrected chi connectivity index (χ4v) is 9.95. The van der Waals surface area contributed by atoms with Gasteiger partial charge in [0.15, 0.2) is 0 Å². The van der Waals surface area contributed by atoms with E-state index in [9.17, 15) is 0 Å². The van der Waals surface area contributed by atoms with Crippen molar-refractivity contribution in [1.82, 2.24) is 23.7 Å². The van der Waals surface area contributed by atoms with Crippen LogP contribution in [0.3, 0.4) is 0 Å². The molecular weight excluding hydrogens is 791 g/mol. The van der Waals surface area contributed by atoms with Crippen molar-refractivity contribution < 1.29 is 0 Å². The van der Waals surface area contributed by atoms with E-state index in [1.165, 1.54) is 43.6 Å². The summed E-state index contributed by atoms with van der Waals surface area (Å²) in [6.45, 7) is 0. The molecule has 0 radical (unpaired) electrons. The van der Waals surface area contributed by atoms with Gasteiger partial charge in [0.25, 0.3) is 0 Å². The standard InChI is InChI=1S/C60H39N5/c1-5-17-40(18-6-1)58-59-57(33-34-61-58)65(48-23-11-4-12-24-48)60(62-59)45-36-43(41-29-31-55-51(38-41)49-25-13-15-27-53(49)63(55)46-19-7-2-8-20-46)35-44(37-45)42-30-32-56-52(39-42)50-26-14-16-28-54(50)64(56)47-21-9-3-10-22-47/h1-39H. The smallest absolute Gasteiger partial charge is 0.145 e. The Morgan fingerprint density at radius 2 is 0.708 bits per heavy atom. The summed E-state index contributed by atoms with van der Waals surface area (Å²) in [5.74, 6) is 0.850. The molecule has 0 atom stereocenters. The molecule has 9 aromatic carbocycles. The van der Waals surface area contributed by atoms with Gasteiger partial charge < -0.3 is 9.13 Å². The zero-order valence-corrected chi connectivity index (χ0v) is 35.3. The summed E-state index contributed by atoms with van der Waals surface area (Å²) in [6, 6.07) is 82.6. The molecule has 0 spiro atoms. The van der Waals surface area contributed by atoms with E-state index in [1.54, 1.807) is 0 Å². The molecule has 4 aromatic heterocycles. The Labute approximate surface area is 375 Å². The fraction of sp³-hybridized carbons (Fsp3) is 0. The number of rotatable bonds is 7. The van der Waals surface area contributed by atoms with Crippen LogP contribution >= 0.6 is 0 Å². The molecule has 0 aliphatic carbocycles. The maximum Gasteiger partial charge on any atom is 0.145 e. The van der Waals surface area contributed by atoms with Crippen LogP contribution in [0.2, 0.25) is 0 Å². The number of para-hydroxylation sites is 5. The Kier molecular flexibility index (Phi) is 8.46. The number of pyridine rings is 1. The van der Waals surface area contributed by atoms with Gasteiger partial charge >= 0.3 is 0 Å². The lowest BCUT2D eigenvalue weighted by molar-refractivity contribution is 1.10. The first-order chi connectivity index (χ1) is 32.2. The van der Waals surface area contributed by atoms with Gasteiger partial charge in [-0.2, -0.15) is 0 Å². The van der Waals surface area contributed by atoms with Crippen LogP contribution in [0.4, 0.5) is 0 Å². The van der Waals surface area contributed by atoms with Crippen LogP contribution in [0.5, 0.6) is 0 Å². The predicted octanol–water partition coefficient (Wildman–Crippen LogP) is 15.3. The lowest BCUT2D eigenvalue weighted by atomic mass is 9.94. The van der Waals surface area contributed by atoms with Crippen LogP contribution in [0.15, 0.2) is 237 Å². The molecule has 304 valence electrons. The second kappa shape index (κ2) is 14.9. The molecule has 0 aliphatic rings. The van der Waals surface area contributed by atoms with Gasteiger partial charge in [-0.25, -0.2) is 4.98 Å². The summed E-state index contributed by atoms with van der Waals surface area (Å²) in [6.07, 6.45) is 1.90. The average Bonchev–Trinajstić information content (AvgIpc) is 4.05. The third-order valence-corrected chi connectivity index (χ3v) is 12.9. The van der Waals surface area contributed by atoms with Gasteiger partial charge in [0, 0.05) is 55.9 Å². The van der Waals surface area contributed by atoms with Crippen molar-refractivity contribution in [2.45, 2.75) is 0 Å². The van der Waals surface area contributed by atoms with E-state index in [0.717, 1.165) is 73.0 Å². The maximum atomic E-state index is 5.55. The highest BCUT2D eigenvalue weighted by atomic mass is 15.1. The fourth-order valence-electron chi connectivity index (χ4n) is 9.95. The molecule has 0 amide bonds. The summed E-state index contributed by atoms with van der Waals surface area (Å²) in [7, 11) is 0. The second-order valence-corrected chi connectivity index (χ2v) is 16.6.